The number of aromatic carboxylic acids is 1. The number of pyridine rings is 1. The molecular weight excluding hydrogens is 621 g/mol. The summed E-state index contributed by atoms with van der Waals surface area (Å²) >= 11 is 0. The van der Waals surface area contributed by atoms with Gasteiger partial charge in [0.1, 0.15) is 5.82 Å². The Labute approximate surface area is 212 Å². The molecule has 1 aromatic carbocycles. The summed E-state index contributed by atoms with van der Waals surface area (Å²) in [6.07, 6.45) is 2.07. The van der Waals surface area contributed by atoms with Crippen molar-refractivity contribution < 1.29 is 39.7 Å². The predicted octanol–water partition coefficient (Wildman–Crippen LogP) is 5.72. The second-order valence-corrected chi connectivity index (χ2v) is 9.76. The quantitative estimate of drug-likeness (QED) is 0.360. The van der Waals surface area contributed by atoms with Crippen LogP contribution in [0.25, 0.3) is 16.1 Å². The molecule has 9 heteroatoms. The first-order valence-electron chi connectivity index (χ1n) is 10.3. The minimum atomic E-state index is -1.14. The van der Waals surface area contributed by atoms with Gasteiger partial charge in [0, 0.05) is 51.6 Å². The van der Waals surface area contributed by atoms with E-state index in [1.807, 2.05) is 19.9 Å². The molecule has 3 aromatic rings. The fourth-order valence-electron chi connectivity index (χ4n) is 3.79. The smallest absolute Gasteiger partial charge is 0.356 e. The molecular formula is C25H25F2N4O2Pt-. The Morgan fingerprint density at radius 1 is 1.21 bits per heavy atom. The van der Waals surface area contributed by atoms with Gasteiger partial charge in [-0.1, -0.05) is 32.4 Å². The maximum atomic E-state index is 15.0. The zero-order chi connectivity index (χ0) is 24.7. The van der Waals surface area contributed by atoms with Crippen molar-refractivity contribution in [3.8, 4) is 11.3 Å². The molecule has 0 saturated heterocycles. The molecule has 0 aliphatic carbocycles. The first kappa shape index (κ1) is 27.3. The van der Waals surface area contributed by atoms with E-state index in [1.165, 1.54) is 6.20 Å². The molecule has 0 atom stereocenters. The number of carbonyl (C=O) groups is 1. The van der Waals surface area contributed by atoms with Crippen LogP contribution in [0.15, 0.2) is 24.4 Å². The minimum Gasteiger partial charge on any atom is -0.476 e. The Balaban J connectivity index is 0.00000408. The van der Waals surface area contributed by atoms with Gasteiger partial charge in [-0.2, -0.15) is 0 Å². The van der Waals surface area contributed by atoms with Crippen molar-refractivity contribution in [3.05, 3.63) is 76.3 Å². The standard InChI is InChI=1S/C25H25F2N4O2.Pt/c1-24(2,3)12-14-10-17(15-8-9-16(26)21(28-6)20(15)27)29-19(11-14)25(4,5)23-30-18(22(32)33)13-31(23)7;/h9-11,13H,12H2,1-5,7H3,(H,32,33);/q-1;. The molecule has 0 saturated carbocycles. The molecule has 0 fully saturated rings. The number of nitrogens with zero attached hydrogens (tertiary/aromatic N) is 4. The van der Waals surface area contributed by atoms with Crippen molar-refractivity contribution in [2.75, 3.05) is 0 Å². The molecule has 0 aliphatic rings. The molecule has 6 nitrogen and oxygen atoms in total. The van der Waals surface area contributed by atoms with Crippen molar-refractivity contribution in [1.82, 2.24) is 14.5 Å². The number of halogens is 2. The topological polar surface area (TPSA) is 72.4 Å². The summed E-state index contributed by atoms with van der Waals surface area (Å²) in [5.74, 6) is -2.67. The Morgan fingerprint density at radius 3 is 2.38 bits per heavy atom. The first-order valence-corrected chi connectivity index (χ1v) is 10.3. The Bertz CT molecular complexity index is 1290. The van der Waals surface area contributed by atoms with Crippen LogP contribution in [0.5, 0.6) is 0 Å². The number of hydrogen-bond donors (Lipinski definition) is 1. The van der Waals surface area contributed by atoms with E-state index >= 15 is 0 Å². The SMILES string of the molecule is [C-]#[N+]c1c(F)c[c-]c(-c2cc(CC(C)(C)C)cc(C(C)(C)c3nc(C(=O)O)cn3C)n2)c1F.[Pt]. The second-order valence-electron chi connectivity index (χ2n) is 9.76. The van der Waals surface area contributed by atoms with E-state index in [-0.39, 0.29) is 43.4 Å². The van der Waals surface area contributed by atoms with Gasteiger partial charge in [0.15, 0.2) is 11.4 Å². The van der Waals surface area contributed by atoms with Crippen LogP contribution in [0.4, 0.5) is 14.5 Å². The summed E-state index contributed by atoms with van der Waals surface area (Å²) < 4.78 is 30.5. The number of carboxylic acids is 1. The van der Waals surface area contributed by atoms with Gasteiger partial charge >= 0.3 is 5.97 Å². The molecule has 182 valence electrons. The van der Waals surface area contributed by atoms with Crippen molar-refractivity contribution in [2.45, 2.75) is 46.5 Å². The van der Waals surface area contributed by atoms with E-state index in [9.17, 15) is 18.7 Å². The number of hydrogen-bond acceptors (Lipinski definition) is 3. The summed E-state index contributed by atoms with van der Waals surface area (Å²) in [6.45, 7) is 17.0. The van der Waals surface area contributed by atoms with Crippen LogP contribution in [0, 0.1) is 29.7 Å². The van der Waals surface area contributed by atoms with Crippen molar-refractivity contribution in [3.63, 3.8) is 0 Å². The molecule has 1 N–H and O–H groups in total. The third kappa shape index (κ3) is 5.42. The van der Waals surface area contributed by atoms with Gasteiger partial charge in [-0.3, -0.25) is 13.6 Å². The third-order valence-electron chi connectivity index (χ3n) is 5.28. The minimum absolute atomic E-state index is 0. The van der Waals surface area contributed by atoms with Gasteiger partial charge in [0.05, 0.1) is 12.0 Å². The molecule has 0 aliphatic heterocycles. The monoisotopic (exact) mass is 646 g/mol. The Kier molecular flexibility index (Phi) is 7.84. The number of imidazole rings is 1. The van der Waals surface area contributed by atoms with Crippen molar-refractivity contribution >= 4 is 11.7 Å². The van der Waals surface area contributed by atoms with E-state index < -0.39 is 28.7 Å². The molecule has 3 rings (SSSR count). The fraction of sp³-hybridized carbons (Fsp3) is 0.360. The van der Waals surface area contributed by atoms with Crippen molar-refractivity contribution in [2.24, 2.45) is 12.5 Å². The third-order valence-corrected chi connectivity index (χ3v) is 5.28. The Morgan fingerprint density at radius 2 is 1.85 bits per heavy atom. The van der Waals surface area contributed by atoms with E-state index in [2.05, 4.69) is 41.7 Å². The zero-order valence-corrected chi connectivity index (χ0v) is 22.0. The van der Waals surface area contributed by atoms with Gasteiger partial charge in [-0.25, -0.2) is 9.78 Å². The maximum absolute atomic E-state index is 15.0. The number of aryl methyl sites for hydroxylation is 1. The van der Waals surface area contributed by atoms with Gasteiger partial charge < -0.3 is 14.7 Å². The fourth-order valence-corrected chi connectivity index (χ4v) is 3.79. The molecule has 0 radical (unpaired) electrons. The van der Waals surface area contributed by atoms with E-state index in [1.54, 1.807) is 17.7 Å². The number of carboxylic acid groups (broad SMARTS) is 1. The maximum Gasteiger partial charge on any atom is 0.356 e. The summed E-state index contributed by atoms with van der Waals surface area (Å²) in [5.41, 5.74) is -0.210. The predicted molar refractivity (Wildman–Crippen MR) is 120 cm³/mol. The molecule has 0 amide bonds. The number of benzene rings is 1. The summed E-state index contributed by atoms with van der Waals surface area (Å²) in [7, 11) is 1.70. The average Bonchev–Trinajstić information content (AvgIpc) is 3.09. The number of rotatable bonds is 5. The van der Waals surface area contributed by atoms with Crippen LogP contribution in [-0.2, 0) is 39.9 Å². The van der Waals surface area contributed by atoms with E-state index in [4.69, 9.17) is 6.57 Å². The summed E-state index contributed by atoms with van der Waals surface area (Å²) in [6, 6.07) is 7.12. The average molecular weight is 647 g/mol. The van der Waals surface area contributed by atoms with E-state index in [0.717, 1.165) is 11.6 Å². The molecule has 0 bridgehead atoms. The summed E-state index contributed by atoms with van der Waals surface area (Å²) in [4.78, 5) is 23.3. The molecule has 2 aromatic heterocycles. The molecule has 0 unspecified atom stereocenters. The number of aromatic nitrogens is 3. The molecule has 34 heavy (non-hydrogen) atoms. The Hall–Kier alpha value is -2.91. The van der Waals surface area contributed by atoms with Gasteiger partial charge in [0.2, 0.25) is 0 Å². The van der Waals surface area contributed by atoms with Crippen molar-refractivity contribution in [1.29, 1.82) is 0 Å². The van der Waals surface area contributed by atoms with Gasteiger partial charge in [-0.15, -0.1) is 17.7 Å². The largest absolute Gasteiger partial charge is 0.476 e. The van der Waals surface area contributed by atoms with Crippen LogP contribution in [0.2, 0.25) is 0 Å². The first-order chi connectivity index (χ1) is 15.2. The molecule has 2 heterocycles. The van der Waals surface area contributed by atoms with Gasteiger partial charge in [-0.05, 0) is 37.4 Å². The van der Waals surface area contributed by atoms with Crippen LogP contribution in [0.1, 0.15) is 62.2 Å². The second kappa shape index (κ2) is 9.75. The van der Waals surface area contributed by atoms with Crippen LogP contribution >= 0.6 is 0 Å². The normalized spacial score (nSPS) is 11.6. The van der Waals surface area contributed by atoms with Crippen LogP contribution < -0.4 is 0 Å². The molecule has 0 spiro atoms. The van der Waals surface area contributed by atoms with E-state index in [0.29, 0.717) is 17.9 Å². The van der Waals surface area contributed by atoms with Gasteiger partial charge in [0.25, 0.3) is 0 Å². The zero-order valence-electron chi connectivity index (χ0n) is 19.7. The van der Waals surface area contributed by atoms with Crippen LogP contribution in [0.3, 0.4) is 0 Å². The van der Waals surface area contributed by atoms with Crippen LogP contribution in [-0.4, -0.2) is 25.6 Å². The summed E-state index contributed by atoms with van der Waals surface area (Å²) in [5, 5.41) is 9.33.